The predicted octanol–water partition coefficient (Wildman–Crippen LogP) is 1.80. The summed E-state index contributed by atoms with van der Waals surface area (Å²) in [6.07, 6.45) is 0.0822. The Morgan fingerprint density at radius 1 is 1.05 bits per heavy atom. The van der Waals surface area contributed by atoms with Crippen LogP contribution in [0.2, 0.25) is 8.87 Å². The van der Waals surface area contributed by atoms with Gasteiger partial charge in [0.25, 0.3) is 0 Å². The zero-order chi connectivity index (χ0) is 15.6. The van der Waals surface area contributed by atoms with E-state index in [1.165, 1.54) is 0 Å². The Labute approximate surface area is 127 Å². The summed E-state index contributed by atoms with van der Waals surface area (Å²) in [4.78, 5) is 40.5. The number of hydrogen-bond acceptors (Lipinski definition) is 7. The first-order valence-electron chi connectivity index (χ1n) is 6.20. The fourth-order valence-corrected chi connectivity index (χ4v) is 12.5. The van der Waals surface area contributed by atoms with Crippen LogP contribution in [0.4, 0.5) is 0 Å². The van der Waals surface area contributed by atoms with E-state index >= 15 is 0 Å². The standard InChI is InChI=1S/2C5H9O2.ClH.H2O3P.Sn/c2*1-3-5(6)7-4-2;;1-4(2)3;/h2*1,3-4H2,2H3;1H;1-2H;/q;;;-1;+2/p-1. The van der Waals surface area contributed by atoms with E-state index in [4.69, 9.17) is 31.0 Å². The summed E-state index contributed by atoms with van der Waals surface area (Å²) in [6, 6.07) is 0. The van der Waals surface area contributed by atoms with Crippen molar-refractivity contribution in [2.45, 2.75) is 35.6 Å². The molecule has 10 heteroatoms. The van der Waals surface area contributed by atoms with Gasteiger partial charge in [0.15, 0.2) is 0 Å². The van der Waals surface area contributed by atoms with Crippen LogP contribution < -0.4 is 0 Å². The van der Waals surface area contributed by atoms with Crippen molar-refractivity contribution in [2.24, 2.45) is 0 Å². The molecule has 0 aliphatic heterocycles. The van der Waals surface area contributed by atoms with E-state index in [1.807, 2.05) is 0 Å². The van der Waals surface area contributed by atoms with E-state index in [-0.39, 0.29) is 34.9 Å². The van der Waals surface area contributed by atoms with Gasteiger partial charge >= 0.3 is 128 Å². The SMILES string of the molecule is CCOC(=O)C[CH2][Sn]([Cl])([CH2]CC(=O)OCC)[O]P(O)O. The Morgan fingerprint density at radius 2 is 1.45 bits per heavy atom. The van der Waals surface area contributed by atoms with Crippen LogP contribution in [0.3, 0.4) is 0 Å². The summed E-state index contributed by atoms with van der Waals surface area (Å²) in [5.41, 5.74) is 0. The molecule has 0 saturated carbocycles. The fraction of sp³-hybridized carbons (Fsp3) is 0.800. The molecule has 20 heavy (non-hydrogen) atoms. The maximum atomic E-state index is 11.3. The first-order valence-corrected chi connectivity index (χ1v) is 16.2. The molecule has 0 aromatic heterocycles. The van der Waals surface area contributed by atoms with Crippen molar-refractivity contribution in [3.05, 3.63) is 0 Å². The number of ether oxygens (including phenoxy) is 2. The van der Waals surface area contributed by atoms with Crippen LogP contribution >= 0.6 is 17.5 Å². The Morgan fingerprint density at radius 3 is 1.75 bits per heavy atom. The average molecular weight is 437 g/mol. The van der Waals surface area contributed by atoms with Crippen molar-refractivity contribution in [1.29, 1.82) is 0 Å². The normalized spacial score (nSPS) is 11.5. The van der Waals surface area contributed by atoms with Crippen molar-refractivity contribution in [1.82, 2.24) is 0 Å². The third kappa shape index (κ3) is 10.1. The Kier molecular flexibility index (Phi) is 11.2. The van der Waals surface area contributed by atoms with Gasteiger partial charge in [-0.1, -0.05) is 0 Å². The second-order valence-electron chi connectivity index (χ2n) is 3.84. The maximum absolute atomic E-state index is 11.3. The first-order chi connectivity index (χ1) is 9.33. The van der Waals surface area contributed by atoms with Gasteiger partial charge in [0, 0.05) is 0 Å². The van der Waals surface area contributed by atoms with Crippen LogP contribution in [0.5, 0.6) is 0 Å². The molecule has 118 valence electrons. The van der Waals surface area contributed by atoms with E-state index < -0.39 is 38.2 Å². The summed E-state index contributed by atoms with van der Waals surface area (Å²) in [5.74, 6) is -0.844. The molecule has 0 saturated heterocycles. The summed E-state index contributed by atoms with van der Waals surface area (Å²) < 4.78 is 15.0. The van der Waals surface area contributed by atoms with Crippen molar-refractivity contribution in [3.63, 3.8) is 0 Å². The minimum atomic E-state index is -3.90. The van der Waals surface area contributed by atoms with Crippen molar-refractivity contribution < 1.29 is 31.7 Å². The zero-order valence-electron chi connectivity index (χ0n) is 11.5. The van der Waals surface area contributed by atoms with Gasteiger partial charge in [0.2, 0.25) is 0 Å². The van der Waals surface area contributed by atoms with Crippen molar-refractivity contribution in [3.8, 4) is 0 Å². The molecule has 0 aliphatic carbocycles. The summed E-state index contributed by atoms with van der Waals surface area (Å²) in [7, 11) is 3.68. The van der Waals surface area contributed by atoms with Gasteiger partial charge in [-0.2, -0.15) is 0 Å². The molecular formula is C10H20ClO7PSn. The van der Waals surface area contributed by atoms with E-state index in [1.54, 1.807) is 13.8 Å². The van der Waals surface area contributed by atoms with Crippen LogP contribution in [-0.4, -0.2) is 52.6 Å². The number of halogens is 1. The molecule has 0 unspecified atom stereocenters. The van der Waals surface area contributed by atoms with Crippen molar-refractivity contribution in [2.75, 3.05) is 13.2 Å². The Balaban J connectivity index is 4.41. The van der Waals surface area contributed by atoms with Crippen LogP contribution in [0.15, 0.2) is 0 Å². The topological polar surface area (TPSA) is 102 Å². The zero-order valence-corrected chi connectivity index (χ0v) is 16.0. The van der Waals surface area contributed by atoms with Gasteiger partial charge in [-0.25, -0.2) is 0 Å². The predicted molar refractivity (Wildman–Crippen MR) is 76.2 cm³/mol. The molecular weight excluding hydrogens is 417 g/mol. The van der Waals surface area contributed by atoms with E-state index in [0.717, 1.165) is 0 Å². The molecule has 0 spiro atoms. The van der Waals surface area contributed by atoms with E-state index in [9.17, 15) is 9.59 Å². The number of carbonyl (C=O) groups is 2. The molecule has 0 aliphatic rings. The van der Waals surface area contributed by atoms with Crippen molar-refractivity contribution >= 4 is 47.1 Å². The third-order valence-corrected chi connectivity index (χ3v) is 16.6. The molecule has 7 nitrogen and oxygen atoms in total. The number of rotatable bonds is 10. The van der Waals surface area contributed by atoms with Gasteiger partial charge in [-0.15, -0.1) is 0 Å². The second kappa shape index (κ2) is 11.0. The van der Waals surface area contributed by atoms with Gasteiger partial charge in [0.05, 0.1) is 0 Å². The van der Waals surface area contributed by atoms with E-state index in [0.29, 0.717) is 0 Å². The molecule has 0 atom stereocenters. The summed E-state index contributed by atoms with van der Waals surface area (Å²) >= 11 is -3.90. The molecule has 0 radical (unpaired) electrons. The molecule has 0 aromatic rings. The molecule has 0 rings (SSSR count). The van der Waals surface area contributed by atoms with E-state index in [2.05, 4.69) is 0 Å². The second-order valence-corrected chi connectivity index (χ2v) is 18.6. The number of carbonyl (C=O) groups excluding carboxylic acids is 2. The van der Waals surface area contributed by atoms with Gasteiger partial charge in [-0.3, -0.25) is 0 Å². The summed E-state index contributed by atoms with van der Waals surface area (Å²) in [6.45, 7) is 3.90. The molecule has 2 N–H and O–H groups in total. The number of hydrogen-bond donors (Lipinski definition) is 2. The monoisotopic (exact) mass is 438 g/mol. The molecule has 0 fully saturated rings. The average Bonchev–Trinajstić information content (AvgIpc) is 2.34. The summed E-state index contributed by atoms with van der Waals surface area (Å²) in [5, 5.41) is 0. The third-order valence-electron chi connectivity index (χ3n) is 2.26. The Bertz CT molecular complexity index is 294. The molecule has 0 bridgehead atoms. The van der Waals surface area contributed by atoms with Gasteiger partial charge < -0.3 is 0 Å². The Hall–Kier alpha value is 0.339. The first kappa shape index (κ1) is 20.3. The number of esters is 2. The van der Waals surface area contributed by atoms with Gasteiger partial charge in [-0.05, 0) is 0 Å². The minimum absolute atomic E-state index is 0.0411. The quantitative estimate of drug-likeness (QED) is 0.305. The molecule has 0 heterocycles. The van der Waals surface area contributed by atoms with Crippen LogP contribution in [0.1, 0.15) is 26.7 Å². The molecule has 0 amide bonds. The van der Waals surface area contributed by atoms with Crippen LogP contribution in [0, 0.1) is 0 Å². The fourth-order valence-electron chi connectivity index (χ4n) is 1.41. The molecule has 0 aromatic carbocycles. The van der Waals surface area contributed by atoms with Crippen LogP contribution in [0.25, 0.3) is 0 Å². The van der Waals surface area contributed by atoms with Crippen LogP contribution in [-0.2, 0) is 21.9 Å². The van der Waals surface area contributed by atoms with Gasteiger partial charge in [0.1, 0.15) is 0 Å².